The number of fused-ring (bicyclic) bond motifs is 1. The molecular formula is C23H34N6O2. The summed E-state index contributed by atoms with van der Waals surface area (Å²) in [6.45, 7) is 6.71. The van der Waals surface area contributed by atoms with Gasteiger partial charge in [-0.2, -0.15) is 5.10 Å². The second-order valence-electron chi connectivity index (χ2n) is 8.74. The molecule has 168 valence electrons. The fourth-order valence-electron chi connectivity index (χ4n) is 4.62. The second kappa shape index (κ2) is 9.68. The van der Waals surface area contributed by atoms with E-state index in [0.717, 1.165) is 36.6 Å². The third kappa shape index (κ3) is 5.01. The van der Waals surface area contributed by atoms with Gasteiger partial charge in [-0.3, -0.25) is 14.5 Å². The molecule has 1 N–H and O–H groups in total. The van der Waals surface area contributed by atoms with Crippen molar-refractivity contribution in [2.24, 2.45) is 7.05 Å². The van der Waals surface area contributed by atoms with Crippen molar-refractivity contribution >= 4 is 17.6 Å². The zero-order valence-electron chi connectivity index (χ0n) is 18.7. The Bertz CT molecular complexity index is 911. The zero-order valence-corrected chi connectivity index (χ0v) is 18.7. The quantitative estimate of drug-likeness (QED) is 0.703. The van der Waals surface area contributed by atoms with E-state index in [9.17, 15) is 9.59 Å². The molecule has 2 amide bonds. The predicted octanol–water partition coefficient (Wildman–Crippen LogP) is 2.40. The molecule has 2 aromatic rings. The first-order valence-corrected chi connectivity index (χ1v) is 11.5. The summed E-state index contributed by atoms with van der Waals surface area (Å²) in [4.78, 5) is 29.4. The molecule has 0 aliphatic carbocycles. The molecule has 4 heterocycles. The minimum absolute atomic E-state index is 0.0140. The molecule has 0 radical (unpaired) electrons. The highest BCUT2D eigenvalue weighted by atomic mass is 16.2. The lowest BCUT2D eigenvalue weighted by Crippen LogP contribution is -2.38. The van der Waals surface area contributed by atoms with Crippen molar-refractivity contribution < 1.29 is 9.59 Å². The molecule has 0 saturated carbocycles. The number of hydrogen-bond donors (Lipinski definition) is 1. The van der Waals surface area contributed by atoms with Crippen molar-refractivity contribution in [2.75, 3.05) is 31.1 Å². The van der Waals surface area contributed by atoms with Gasteiger partial charge in [0.25, 0.3) is 0 Å². The Morgan fingerprint density at radius 1 is 1.13 bits per heavy atom. The SMILES string of the molecule is CC(CCNC(=O)CCC(=O)N1CCCn2nc(-c3cccn3C)cc21)N1CCCC1. The van der Waals surface area contributed by atoms with Crippen molar-refractivity contribution in [1.29, 1.82) is 0 Å². The molecule has 1 saturated heterocycles. The first kappa shape index (κ1) is 21.6. The van der Waals surface area contributed by atoms with E-state index in [4.69, 9.17) is 5.10 Å². The van der Waals surface area contributed by atoms with E-state index >= 15 is 0 Å². The summed E-state index contributed by atoms with van der Waals surface area (Å²) in [7, 11) is 1.99. The monoisotopic (exact) mass is 426 g/mol. The third-order valence-electron chi connectivity index (χ3n) is 6.51. The van der Waals surface area contributed by atoms with E-state index in [-0.39, 0.29) is 24.7 Å². The number of likely N-dealkylation sites (tertiary alicyclic amines) is 1. The molecule has 2 aliphatic rings. The number of anilines is 1. The molecule has 2 aromatic heterocycles. The minimum atomic E-state index is -0.0445. The lowest BCUT2D eigenvalue weighted by atomic mass is 10.2. The molecule has 2 aliphatic heterocycles. The Morgan fingerprint density at radius 3 is 2.68 bits per heavy atom. The van der Waals surface area contributed by atoms with Crippen molar-refractivity contribution in [3.63, 3.8) is 0 Å². The topological polar surface area (TPSA) is 75.4 Å². The van der Waals surface area contributed by atoms with Crippen LogP contribution in [0.5, 0.6) is 0 Å². The number of aryl methyl sites for hydroxylation is 2. The number of carbonyl (C=O) groups is 2. The predicted molar refractivity (Wildman–Crippen MR) is 121 cm³/mol. The second-order valence-corrected chi connectivity index (χ2v) is 8.74. The van der Waals surface area contributed by atoms with Crippen LogP contribution in [0.4, 0.5) is 5.82 Å². The molecule has 0 spiro atoms. The van der Waals surface area contributed by atoms with Crippen LogP contribution in [0.1, 0.15) is 45.4 Å². The maximum atomic E-state index is 12.9. The van der Waals surface area contributed by atoms with Crippen molar-refractivity contribution in [3.05, 3.63) is 24.4 Å². The highest BCUT2D eigenvalue weighted by Gasteiger charge is 2.26. The number of hydrogen-bond acceptors (Lipinski definition) is 4. The van der Waals surface area contributed by atoms with Crippen molar-refractivity contribution in [1.82, 2.24) is 24.6 Å². The molecule has 1 fully saturated rings. The van der Waals surface area contributed by atoms with Gasteiger partial charge in [-0.15, -0.1) is 0 Å². The number of amides is 2. The maximum absolute atomic E-state index is 12.9. The zero-order chi connectivity index (χ0) is 21.8. The van der Waals surface area contributed by atoms with Crippen molar-refractivity contribution in [3.8, 4) is 11.4 Å². The summed E-state index contributed by atoms with van der Waals surface area (Å²) in [5.41, 5.74) is 1.89. The van der Waals surface area contributed by atoms with Gasteiger partial charge < -0.3 is 14.8 Å². The fourth-order valence-corrected chi connectivity index (χ4v) is 4.62. The molecule has 0 bridgehead atoms. The van der Waals surface area contributed by atoms with Crippen molar-refractivity contribution in [2.45, 2.75) is 58.0 Å². The van der Waals surface area contributed by atoms with Gasteiger partial charge in [0.15, 0.2) is 0 Å². The Balaban J connectivity index is 1.27. The fraction of sp³-hybridized carbons (Fsp3) is 0.609. The molecule has 31 heavy (non-hydrogen) atoms. The Labute approximate surface area is 184 Å². The van der Waals surface area contributed by atoms with Gasteiger partial charge in [-0.25, -0.2) is 4.68 Å². The van der Waals surface area contributed by atoms with Crippen LogP contribution in [0.25, 0.3) is 11.4 Å². The van der Waals surface area contributed by atoms with Crippen LogP contribution in [0.3, 0.4) is 0 Å². The summed E-state index contributed by atoms with van der Waals surface area (Å²) in [5.74, 6) is 0.768. The largest absolute Gasteiger partial charge is 0.356 e. The van der Waals surface area contributed by atoms with Gasteiger partial charge in [-0.05, 0) is 57.8 Å². The lowest BCUT2D eigenvalue weighted by Gasteiger charge is -2.27. The number of aromatic nitrogens is 3. The lowest BCUT2D eigenvalue weighted by molar-refractivity contribution is -0.125. The number of nitrogens with one attached hydrogen (secondary N) is 1. The summed E-state index contributed by atoms with van der Waals surface area (Å²) in [6, 6.07) is 6.49. The number of nitrogens with zero attached hydrogens (tertiary/aromatic N) is 5. The highest BCUT2D eigenvalue weighted by Crippen LogP contribution is 2.28. The van der Waals surface area contributed by atoms with E-state index in [1.807, 2.05) is 40.7 Å². The maximum Gasteiger partial charge on any atom is 0.228 e. The number of rotatable bonds is 8. The number of carbonyl (C=O) groups excluding carboxylic acids is 2. The molecule has 1 unspecified atom stereocenters. The van der Waals surface area contributed by atoms with Crippen LogP contribution in [0.15, 0.2) is 24.4 Å². The standard InChI is InChI=1S/C23H34N6O2/c1-18(27-13-3-4-14-27)10-11-24-21(30)8-9-23(31)28-15-6-16-29-22(28)17-19(25-29)20-7-5-12-26(20)2/h5,7,12,17-18H,3-4,6,8-11,13-16H2,1-2H3,(H,24,30). The summed E-state index contributed by atoms with van der Waals surface area (Å²) >= 11 is 0. The van der Waals surface area contributed by atoms with Crippen LogP contribution in [-0.2, 0) is 23.2 Å². The molecule has 0 aromatic carbocycles. The summed E-state index contributed by atoms with van der Waals surface area (Å²) in [5, 5.41) is 7.68. The van der Waals surface area contributed by atoms with Crippen LogP contribution < -0.4 is 10.2 Å². The van der Waals surface area contributed by atoms with Gasteiger partial charge in [0, 0.05) is 57.8 Å². The van der Waals surface area contributed by atoms with Crippen LogP contribution in [-0.4, -0.2) is 63.3 Å². The van der Waals surface area contributed by atoms with E-state index < -0.39 is 0 Å². The van der Waals surface area contributed by atoms with E-state index in [0.29, 0.717) is 19.1 Å². The Morgan fingerprint density at radius 2 is 1.94 bits per heavy atom. The van der Waals surface area contributed by atoms with Gasteiger partial charge in [0.05, 0.1) is 5.69 Å². The third-order valence-corrected chi connectivity index (χ3v) is 6.51. The minimum Gasteiger partial charge on any atom is -0.356 e. The molecule has 1 atom stereocenters. The molecule has 4 rings (SSSR count). The van der Waals surface area contributed by atoms with Crippen LogP contribution >= 0.6 is 0 Å². The average Bonchev–Trinajstić information content (AvgIpc) is 3.51. The normalized spacial score (nSPS) is 17.5. The smallest absolute Gasteiger partial charge is 0.228 e. The highest BCUT2D eigenvalue weighted by molar-refractivity contribution is 5.95. The van der Waals surface area contributed by atoms with Gasteiger partial charge in [-0.1, -0.05) is 0 Å². The van der Waals surface area contributed by atoms with Crippen LogP contribution in [0.2, 0.25) is 0 Å². The summed E-state index contributed by atoms with van der Waals surface area (Å²) < 4.78 is 3.93. The van der Waals surface area contributed by atoms with E-state index in [1.54, 1.807) is 4.90 Å². The van der Waals surface area contributed by atoms with Gasteiger partial charge in [0.2, 0.25) is 11.8 Å². The van der Waals surface area contributed by atoms with E-state index in [2.05, 4.69) is 17.1 Å². The Hall–Kier alpha value is -2.61. The van der Waals surface area contributed by atoms with E-state index in [1.165, 1.54) is 25.9 Å². The molecule has 8 nitrogen and oxygen atoms in total. The molecular weight excluding hydrogens is 392 g/mol. The molecule has 8 heteroatoms. The van der Waals surface area contributed by atoms with Gasteiger partial charge in [0.1, 0.15) is 11.5 Å². The van der Waals surface area contributed by atoms with Gasteiger partial charge >= 0.3 is 0 Å². The summed E-state index contributed by atoms with van der Waals surface area (Å²) in [6.07, 6.45) is 6.81. The average molecular weight is 427 g/mol. The first-order chi connectivity index (χ1) is 15.0. The first-order valence-electron chi connectivity index (χ1n) is 11.5. The Kier molecular flexibility index (Phi) is 6.75. The van der Waals surface area contributed by atoms with Crippen LogP contribution in [0, 0.1) is 0 Å².